The van der Waals surface area contributed by atoms with Gasteiger partial charge in [0.2, 0.25) is 0 Å². The molecule has 0 radical (unpaired) electrons. The molecule has 0 unspecified atom stereocenters. The lowest BCUT2D eigenvalue weighted by Crippen LogP contribution is -2.26. The fourth-order valence-corrected chi connectivity index (χ4v) is 2.44. The standard InChI is InChI=1S/C19H20N4O2/c1-3-20-18-11-15(9-10-21-18)16-12-17(25-23-16)13(2)22-19(24)14-7-5-4-6-8-14/h4-13H,3H2,1-2H3,(H,20,21)(H,22,24)/t13-/m1/s1. The van der Waals surface area contributed by atoms with E-state index in [-0.39, 0.29) is 11.9 Å². The van der Waals surface area contributed by atoms with Crippen LogP contribution in [0.3, 0.4) is 0 Å². The molecule has 6 nitrogen and oxygen atoms in total. The fraction of sp³-hybridized carbons (Fsp3) is 0.211. The highest BCUT2D eigenvalue weighted by molar-refractivity contribution is 5.94. The molecule has 0 spiro atoms. The van der Waals surface area contributed by atoms with E-state index in [0.29, 0.717) is 17.0 Å². The molecule has 3 aromatic rings. The van der Waals surface area contributed by atoms with Crippen LogP contribution in [0.15, 0.2) is 59.3 Å². The van der Waals surface area contributed by atoms with Crippen LogP contribution in [-0.4, -0.2) is 22.6 Å². The van der Waals surface area contributed by atoms with Gasteiger partial charge in [0.05, 0.1) is 6.04 Å². The van der Waals surface area contributed by atoms with Gasteiger partial charge in [0.1, 0.15) is 11.5 Å². The summed E-state index contributed by atoms with van der Waals surface area (Å²) in [5.74, 6) is 1.24. The number of carbonyl (C=O) groups is 1. The highest BCUT2D eigenvalue weighted by Gasteiger charge is 2.16. The summed E-state index contributed by atoms with van der Waals surface area (Å²) in [6, 6.07) is 14.4. The van der Waals surface area contributed by atoms with Crippen molar-refractivity contribution in [2.75, 3.05) is 11.9 Å². The number of rotatable bonds is 6. The zero-order valence-electron chi connectivity index (χ0n) is 14.2. The second-order valence-corrected chi connectivity index (χ2v) is 5.64. The number of aromatic nitrogens is 2. The molecule has 6 heteroatoms. The van der Waals surface area contributed by atoms with E-state index < -0.39 is 0 Å². The Kier molecular flexibility index (Phi) is 5.09. The van der Waals surface area contributed by atoms with Gasteiger partial charge >= 0.3 is 0 Å². The first kappa shape index (κ1) is 16.7. The van der Waals surface area contributed by atoms with Gasteiger partial charge in [0, 0.05) is 29.9 Å². The van der Waals surface area contributed by atoms with Gasteiger partial charge in [-0.25, -0.2) is 4.98 Å². The highest BCUT2D eigenvalue weighted by atomic mass is 16.5. The van der Waals surface area contributed by atoms with E-state index in [9.17, 15) is 4.79 Å². The van der Waals surface area contributed by atoms with Crippen molar-refractivity contribution in [3.63, 3.8) is 0 Å². The summed E-state index contributed by atoms with van der Waals surface area (Å²) >= 11 is 0. The predicted octanol–water partition coefficient (Wildman–Crippen LogP) is 3.66. The number of benzene rings is 1. The predicted molar refractivity (Wildman–Crippen MR) is 96.2 cm³/mol. The summed E-state index contributed by atoms with van der Waals surface area (Å²) in [5, 5.41) is 10.2. The topological polar surface area (TPSA) is 80.0 Å². The molecule has 2 aromatic heterocycles. The van der Waals surface area contributed by atoms with Gasteiger partial charge in [-0.3, -0.25) is 4.79 Å². The zero-order chi connectivity index (χ0) is 17.6. The van der Waals surface area contributed by atoms with Crippen LogP contribution in [0.2, 0.25) is 0 Å². The van der Waals surface area contributed by atoms with Crippen LogP contribution in [0.1, 0.15) is 36.0 Å². The Morgan fingerprint density at radius 1 is 1.20 bits per heavy atom. The van der Waals surface area contributed by atoms with Crippen molar-refractivity contribution < 1.29 is 9.32 Å². The summed E-state index contributed by atoms with van der Waals surface area (Å²) in [5.41, 5.74) is 2.22. The normalized spacial score (nSPS) is 11.8. The van der Waals surface area contributed by atoms with E-state index in [1.165, 1.54) is 0 Å². The molecule has 0 aliphatic carbocycles. The van der Waals surface area contributed by atoms with Gasteiger partial charge in [-0.1, -0.05) is 23.4 Å². The van der Waals surface area contributed by atoms with Crippen molar-refractivity contribution >= 4 is 11.7 Å². The smallest absolute Gasteiger partial charge is 0.251 e. The van der Waals surface area contributed by atoms with Crippen molar-refractivity contribution in [1.82, 2.24) is 15.5 Å². The molecule has 25 heavy (non-hydrogen) atoms. The molecule has 0 saturated carbocycles. The molecule has 1 atom stereocenters. The number of hydrogen-bond acceptors (Lipinski definition) is 5. The van der Waals surface area contributed by atoms with Gasteiger partial charge in [0.25, 0.3) is 5.91 Å². The first-order valence-corrected chi connectivity index (χ1v) is 8.20. The third-order valence-electron chi connectivity index (χ3n) is 3.75. The Morgan fingerprint density at radius 2 is 2.00 bits per heavy atom. The molecular weight excluding hydrogens is 316 g/mol. The Hall–Kier alpha value is -3.15. The summed E-state index contributed by atoms with van der Waals surface area (Å²) < 4.78 is 5.41. The van der Waals surface area contributed by atoms with E-state index in [0.717, 1.165) is 17.9 Å². The van der Waals surface area contributed by atoms with E-state index in [2.05, 4.69) is 20.8 Å². The van der Waals surface area contributed by atoms with Crippen LogP contribution in [0.4, 0.5) is 5.82 Å². The zero-order valence-corrected chi connectivity index (χ0v) is 14.2. The van der Waals surface area contributed by atoms with Crippen LogP contribution in [-0.2, 0) is 0 Å². The third kappa shape index (κ3) is 4.03. The quantitative estimate of drug-likeness (QED) is 0.718. The largest absolute Gasteiger partial charge is 0.370 e. The SMILES string of the molecule is CCNc1cc(-c2cc([C@@H](C)NC(=O)c3ccccc3)on2)ccn1. The van der Waals surface area contributed by atoms with Crippen molar-refractivity contribution in [3.8, 4) is 11.3 Å². The van der Waals surface area contributed by atoms with Crippen LogP contribution < -0.4 is 10.6 Å². The molecule has 0 bridgehead atoms. The van der Waals surface area contributed by atoms with Gasteiger partial charge in [-0.15, -0.1) is 0 Å². The second-order valence-electron chi connectivity index (χ2n) is 5.64. The molecule has 1 amide bonds. The lowest BCUT2D eigenvalue weighted by atomic mass is 10.1. The summed E-state index contributed by atoms with van der Waals surface area (Å²) in [6.07, 6.45) is 1.72. The molecule has 2 heterocycles. The fourth-order valence-electron chi connectivity index (χ4n) is 2.44. The average Bonchev–Trinajstić information content (AvgIpc) is 3.13. The van der Waals surface area contributed by atoms with E-state index in [4.69, 9.17) is 4.52 Å². The number of anilines is 1. The molecule has 0 aliphatic rings. The molecule has 0 saturated heterocycles. The monoisotopic (exact) mass is 336 g/mol. The third-order valence-corrected chi connectivity index (χ3v) is 3.75. The number of nitrogens with one attached hydrogen (secondary N) is 2. The molecule has 3 rings (SSSR count). The van der Waals surface area contributed by atoms with Gasteiger partial charge in [-0.2, -0.15) is 0 Å². The van der Waals surface area contributed by atoms with E-state index in [1.54, 1.807) is 18.3 Å². The maximum Gasteiger partial charge on any atom is 0.251 e. The molecule has 0 fully saturated rings. The Balaban J connectivity index is 1.72. The highest BCUT2D eigenvalue weighted by Crippen LogP contribution is 2.24. The van der Waals surface area contributed by atoms with Crippen LogP contribution in [0.25, 0.3) is 11.3 Å². The first-order chi connectivity index (χ1) is 12.2. The number of amides is 1. The Bertz CT molecular complexity index is 845. The van der Waals surface area contributed by atoms with Crippen LogP contribution in [0.5, 0.6) is 0 Å². The molecular formula is C19H20N4O2. The van der Waals surface area contributed by atoms with Gasteiger partial charge < -0.3 is 15.2 Å². The van der Waals surface area contributed by atoms with E-state index >= 15 is 0 Å². The second kappa shape index (κ2) is 7.61. The summed E-state index contributed by atoms with van der Waals surface area (Å²) in [4.78, 5) is 16.5. The van der Waals surface area contributed by atoms with Crippen molar-refractivity contribution in [2.45, 2.75) is 19.9 Å². The van der Waals surface area contributed by atoms with Crippen LogP contribution >= 0.6 is 0 Å². The van der Waals surface area contributed by atoms with Gasteiger partial charge in [-0.05, 0) is 38.1 Å². The molecule has 1 aromatic carbocycles. The minimum Gasteiger partial charge on any atom is -0.370 e. The number of hydrogen-bond donors (Lipinski definition) is 2. The molecule has 2 N–H and O–H groups in total. The maximum absolute atomic E-state index is 12.2. The number of carbonyl (C=O) groups excluding carboxylic acids is 1. The van der Waals surface area contributed by atoms with Crippen molar-refractivity contribution in [1.29, 1.82) is 0 Å². The molecule has 0 aliphatic heterocycles. The minimum absolute atomic E-state index is 0.149. The summed E-state index contributed by atoms with van der Waals surface area (Å²) in [7, 11) is 0. The molecule has 128 valence electrons. The minimum atomic E-state index is -0.288. The Labute approximate surface area is 146 Å². The Morgan fingerprint density at radius 3 is 2.76 bits per heavy atom. The van der Waals surface area contributed by atoms with Crippen LogP contribution in [0, 0.1) is 0 Å². The number of pyridine rings is 1. The lowest BCUT2D eigenvalue weighted by Gasteiger charge is -2.10. The van der Waals surface area contributed by atoms with E-state index in [1.807, 2.05) is 50.2 Å². The van der Waals surface area contributed by atoms with Gasteiger partial charge in [0.15, 0.2) is 5.76 Å². The maximum atomic E-state index is 12.2. The summed E-state index contributed by atoms with van der Waals surface area (Å²) in [6.45, 7) is 4.67. The average molecular weight is 336 g/mol. The first-order valence-electron chi connectivity index (χ1n) is 8.20. The lowest BCUT2D eigenvalue weighted by molar-refractivity contribution is 0.0934. The number of nitrogens with zero attached hydrogens (tertiary/aromatic N) is 2. The van der Waals surface area contributed by atoms with Crippen molar-refractivity contribution in [3.05, 3.63) is 66.1 Å². The van der Waals surface area contributed by atoms with Crippen molar-refractivity contribution in [2.24, 2.45) is 0 Å².